The number of hydrogen-bond acceptors (Lipinski definition) is 5. The first-order valence-electron chi connectivity index (χ1n) is 10.2. The predicted octanol–water partition coefficient (Wildman–Crippen LogP) is 4.33. The molecule has 0 spiro atoms. The second kappa shape index (κ2) is 10.8. The van der Waals surface area contributed by atoms with Crippen LogP contribution in [0, 0.1) is 0 Å². The monoisotopic (exact) mass is 466 g/mol. The molecule has 0 radical (unpaired) electrons. The Kier molecular flexibility index (Phi) is 7.87. The minimum absolute atomic E-state index is 0.0841. The number of nitrogens with zero attached hydrogens (tertiary/aromatic N) is 1. The molecule has 0 heterocycles. The van der Waals surface area contributed by atoms with E-state index in [0.717, 1.165) is 5.56 Å². The Balaban J connectivity index is 1.85. The fourth-order valence-corrected chi connectivity index (χ4v) is 4.47. The molecule has 0 aliphatic rings. The lowest BCUT2D eigenvalue weighted by Gasteiger charge is -2.19. The minimum Gasteiger partial charge on any atom is -0.495 e. The number of nitrogens with one attached hydrogen (secondary N) is 1. The number of sulfonamides is 1. The fraction of sp³-hybridized carbons (Fsp3) is 0.160. The molecule has 0 bridgehead atoms. The summed E-state index contributed by atoms with van der Waals surface area (Å²) in [7, 11) is -1.05. The van der Waals surface area contributed by atoms with Gasteiger partial charge in [-0.3, -0.25) is 4.79 Å². The van der Waals surface area contributed by atoms with Gasteiger partial charge in [0, 0.05) is 30.9 Å². The van der Waals surface area contributed by atoms with Crippen molar-refractivity contribution in [2.24, 2.45) is 0 Å². The molecular weight excluding hydrogens is 440 g/mol. The number of anilines is 1. The lowest BCUT2D eigenvalue weighted by molar-refractivity contribution is 0.102. The normalized spacial score (nSPS) is 11.1. The Hall–Kier alpha value is -3.62. The maximum atomic E-state index is 13.3. The van der Waals surface area contributed by atoms with Crippen molar-refractivity contribution in [3.63, 3.8) is 0 Å². The molecular formula is C25H26N2O5S. The Bertz CT molecular complexity index is 1230. The van der Waals surface area contributed by atoms with Gasteiger partial charge in [-0.25, -0.2) is 8.42 Å². The fourth-order valence-electron chi connectivity index (χ4n) is 3.13. The summed E-state index contributed by atoms with van der Waals surface area (Å²) in [5.74, 6) is 0.278. The molecule has 0 saturated carbocycles. The Morgan fingerprint density at radius 3 is 2.52 bits per heavy atom. The summed E-state index contributed by atoms with van der Waals surface area (Å²) in [5.41, 5.74) is 1.54. The van der Waals surface area contributed by atoms with E-state index in [9.17, 15) is 13.2 Å². The van der Waals surface area contributed by atoms with Crippen molar-refractivity contribution >= 4 is 21.6 Å². The van der Waals surface area contributed by atoms with E-state index in [1.54, 1.807) is 30.3 Å². The van der Waals surface area contributed by atoms with Crippen LogP contribution in [0.1, 0.15) is 15.9 Å². The highest BCUT2D eigenvalue weighted by molar-refractivity contribution is 7.89. The summed E-state index contributed by atoms with van der Waals surface area (Å²) in [5, 5.41) is 2.77. The molecule has 3 rings (SSSR count). The molecule has 0 saturated heterocycles. The van der Waals surface area contributed by atoms with Crippen LogP contribution in [0.3, 0.4) is 0 Å². The highest BCUT2D eigenvalue weighted by Gasteiger charge is 2.26. The third kappa shape index (κ3) is 6.00. The second-order valence-corrected chi connectivity index (χ2v) is 9.21. The summed E-state index contributed by atoms with van der Waals surface area (Å²) in [6, 6.07) is 20.5. The average molecular weight is 467 g/mol. The molecule has 0 unspecified atom stereocenters. The molecule has 0 aliphatic heterocycles. The first kappa shape index (κ1) is 24.0. The molecule has 33 heavy (non-hydrogen) atoms. The molecule has 0 atom stereocenters. The summed E-state index contributed by atoms with van der Waals surface area (Å²) >= 11 is 0. The van der Waals surface area contributed by atoms with E-state index < -0.39 is 15.9 Å². The molecule has 7 nitrogen and oxygen atoms in total. The number of rotatable bonds is 10. The van der Waals surface area contributed by atoms with Gasteiger partial charge in [-0.2, -0.15) is 4.31 Å². The summed E-state index contributed by atoms with van der Waals surface area (Å²) in [6.07, 6.45) is 1.62. The smallest absolute Gasteiger partial charge is 0.255 e. The van der Waals surface area contributed by atoms with Crippen LogP contribution < -0.4 is 14.8 Å². The zero-order valence-corrected chi connectivity index (χ0v) is 19.3. The van der Waals surface area contributed by atoms with Crippen molar-refractivity contribution in [1.29, 1.82) is 0 Å². The number of methoxy groups -OCH3 is 1. The van der Waals surface area contributed by atoms with Gasteiger partial charge in [0.25, 0.3) is 5.91 Å². The third-order valence-electron chi connectivity index (χ3n) is 4.82. The van der Waals surface area contributed by atoms with Crippen molar-refractivity contribution in [2.75, 3.05) is 26.1 Å². The predicted molar refractivity (Wildman–Crippen MR) is 128 cm³/mol. The van der Waals surface area contributed by atoms with Gasteiger partial charge in [-0.15, -0.1) is 0 Å². The van der Waals surface area contributed by atoms with E-state index in [1.807, 2.05) is 30.3 Å². The number of ether oxygens (including phenoxy) is 2. The van der Waals surface area contributed by atoms with Crippen molar-refractivity contribution in [3.05, 3.63) is 96.6 Å². The summed E-state index contributed by atoms with van der Waals surface area (Å²) in [6.45, 7) is 4.13. The Morgan fingerprint density at radius 2 is 1.82 bits per heavy atom. The van der Waals surface area contributed by atoms with Crippen LogP contribution in [0.15, 0.2) is 90.3 Å². The lowest BCUT2D eigenvalue weighted by Crippen LogP contribution is -2.27. The van der Waals surface area contributed by atoms with Gasteiger partial charge in [0.15, 0.2) is 0 Å². The van der Waals surface area contributed by atoms with Gasteiger partial charge < -0.3 is 14.8 Å². The van der Waals surface area contributed by atoms with E-state index in [-0.39, 0.29) is 22.8 Å². The minimum atomic E-state index is -3.93. The number of benzene rings is 3. The first-order chi connectivity index (χ1) is 15.8. The summed E-state index contributed by atoms with van der Waals surface area (Å²) < 4.78 is 38.6. The van der Waals surface area contributed by atoms with Crippen LogP contribution in [0.4, 0.5) is 5.69 Å². The van der Waals surface area contributed by atoms with Crippen molar-refractivity contribution < 1.29 is 22.7 Å². The van der Waals surface area contributed by atoms with E-state index in [0.29, 0.717) is 18.0 Å². The van der Waals surface area contributed by atoms with Crippen LogP contribution in [-0.2, 0) is 16.6 Å². The number of carbonyl (C=O) groups excluding carboxylic acids is 1. The molecule has 172 valence electrons. The van der Waals surface area contributed by atoms with E-state index >= 15 is 0 Å². The quantitative estimate of drug-likeness (QED) is 0.450. The highest BCUT2D eigenvalue weighted by atomic mass is 32.2. The van der Waals surface area contributed by atoms with Gasteiger partial charge in [-0.1, -0.05) is 49.1 Å². The average Bonchev–Trinajstić information content (AvgIpc) is 2.83. The lowest BCUT2D eigenvalue weighted by atomic mass is 10.2. The second-order valence-electron chi connectivity index (χ2n) is 7.19. The molecule has 1 N–H and O–H groups in total. The zero-order chi connectivity index (χ0) is 23.8. The number of amides is 1. The highest BCUT2D eigenvalue weighted by Crippen LogP contribution is 2.29. The van der Waals surface area contributed by atoms with Crippen molar-refractivity contribution in [1.82, 2.24) is 4.31 Å². The van der Waals surface area contributed by atoms with Crippen LogP contribution in [0.5, 0.6) is 11.5 Å². The largest absolute Gasteiger partial charge is 0.495 e. The maximum absolute atomic E-state index is 13.3. The Morgan fingerprint density at radius 1 is 1.06 bits per heavy atom. The van der Waals surface area contributed by atoms with Gasteiger partial charge in [0.1, 0.15) is 23.0 Å². The molecule has 1 amide bonds. The molecule has 3 aromatic carbocycles. The SMILES string of the molecule is C=CCOc1cccc(NC(=O)c2ccc(OC)c(S(=O)(=O)N(C)Cc3ccccc3)c2)c1. The summed E-state index contributed by atoms with van der Waals surface area (Å²) in [4.78, 5) is 12.8. The van der Waals surface area contributed by atoms with E-state index in [4.69, 9.17) is 9.47 Å². The first-order valence-corrected chi connectivity index (χ1v) is 11.6. The van der Waals surface area contributed by atoms with Gasteiger partial charge >= 0.3 is 0 Å². The van der Waals surface area contributed by atoms with E-state index in [2.05, 4.69) is 11.9 Å². The molecule has 8 heteroatoms. The van der Waals surface area contributed by atoms with E-state index in [1.165, 1.54) is 36.7 Å². The maximum Gasteiger partial charge on any atom is 0.255 e. The third-order valence-corrected chi connectivity index (χ3v) is 6.65. The van der Waals surface area contributed by atoms with Crippen molar-refractivity contribution in [3.8, 4) is 11.5 Å². The van der Waals surface area contributed by atoms with Gasteiger partial charge in [-0.05, 0) is 35.9 Å². The number of carbonyl (C=O) groups is 1. The van der Waals surface area contributed by atoms with Gasteiger partial charge in [0.05, 0.1) is 7.11 Å². The topological polar surface area (TPSA) is 84.9 Å². The van der Waals surface area contributed by atoms with Gasteiger partial charge in [0.2, 0.25) is 10.0 Å². The number of hydrogen-bond donors (Lipinski definition) is 1. The molecule has 3 aromatic rings. The van der Waals surface area contributed by atoms with Crippen LogP contribution in [0.2, 0.25) is 0 Å². The standard InChI is InChI=1S/C25H26N2O5S/c1-4-15-32-22-12-8-11-21(17-22)26-25(28)20-13-14-23(31-3)24(16-20)33(29,30)27(2)18-19-9-6-5-7-10-19/h4-14,16-17H,1,15,18H2,2-3H3,(H,26,28). The Labute approximate surface area is 194 Å². The van der Waals surface area contributed by atoms with Crippen molar-refractivity contribution in [2.45, 2.75) is 11.4 Å². The molecule has 0 aliphatic carbocycles. The van der Waals surface area contributed by atoms with Crippen LogP contribution in [-0.4, -0.2) is 39.4 Å². The molecule has 0 fully saturated rings. The van der Waals surface area contributed by atoms with Crippen LogP contribution >= 0.6 is 0 Å². The zero-order valence-electron chi connectivity index (χ0n) is 18.5. The molecule has 0 aromatic heterocycles. The van der Waals surface area contributed by atoms with Crippen LogP contribution in [0.25, 0.3) is 0 Å².